The van der Waals surface area contributed by atoms with Gasteiger partial charge in [0.05, 0.1) is 23.1 Å². The number of rotatable bonds is 7. The van der Waals surface area contributed by atoms with E-state index in [0.717, 1.165) is 46.0 Å². The molecule has 8 nitrogen and oxygen atoms in total. The van der Waals surface area contributed by atoms with Crippen LogP contribution in [0.5, 0.6) is 0 Å². The van der Waals surface area contributed by atoms with E-state index in [1.54, 1.807) is 9.13 Å². The number of likely N-dealkylation sites (N-methyl/N-ethyl adjacent to an activating group) is 1. The highest BCUT2D eigenvalue weighted by Gasteiger charge is 2.22. The maximum Gasteiger partial charge on any atom is 0.333 e. The highest BCUT2D eigenvalue weighted by molar-refractivity contribution is 5.96. The minimum atomic E-state index is -0.807. The molecule has 1 aromatic heterocycles. The van der Waals surface area contributed by atoms with Crippen molar-refractivity contribution in [3.8, 4) is 5.69 Å². The number of carbonyl (C=O) groups is 2. The monoisotopic (exact) mass is 437 g/mol. The van der Waals surface area contributed by atoms with Crippen LogP contribution in [0, 0.1) is 6.92 Å². The molecule has 0 bridgehead atoms. The van der Waals surface area contributed by atoms with E-state index >= 15 is 0 Å². The van der Waals surface area contributed by atoms with Crippen molar-refractivity contribution >= 4 is 28.7 Å². The molecule has 170 valence electrons. The topological polar surface area (TPSA) is 93.6 Å². The molecule has 0 fully saturated rings. The zero-order chi connectivity index (χ0) is 23.6. The van der Waals surface area contributed by atoms with E-state index in [0.29, 0.717) is 12.1 Å². The second-order valence-corrected chi connectivity index (χ2v) is 7.75. The molecular formula is C24H31N5O3. The smallest absolute Gasteiger partial charge is 0.333 e. The normalized spacial score (nSPS) is 11.0. The van der Waals surface area contributed by atoms with E-state index in [-0.39, 0.29) is 12.1 Å². The molecule has 8 heteroatoms. The van der Waals surface area contributed by atoms with Crippen LogP contribution in [0.1, 0.15) is 31.9 Å². The van der Waals surface area contributed by atoms with Crippen molar-refractivity contribution in [3.63, 3.8) is 0 Å². The van der Waals surface area contributed by atoms with Gasteiger partial charge in [-0.15, -0.1) is 0 Å². The summed E-state index contributed by atoms with van der Waals surface area (Å²) in [5.41, 5.74) is 9.98. The summed E-state index contributed by atoms with van der Waals surface area (Å²) < 4.78 is 3.35. The molecule has 0 radical (unpaired) electrons. The Hall–Kier alpha value is -3.55. The molecule has 0 unspecified atom stereocenters. The van der Waals surface area contributed by atoms with Crippen molar-refractivity contribution in [2.45, 2.75) is 40.7 Å². The largest absolute Gasteiger partial charge is 0.372 e. The van der Waals surface area contributed by atoms with Crippen LogP contribution in [0.3, 0.4) is 0 Å². The number of nitrogens with two attached hydrogens (primary N) is 1. The number of carbonyl (C=O) groups excluding carboxylic acids is 2. The number of hydrogen-bond donors (Lipinski definition) is 1. The fourth-order valence-corrected chi connectivity index (χ4v) is 4.09. The van der Waals surface area contributed by atoms with Crippen LogP contribution in [0.25, 0.3) is 16.7 Å². The number of fused-ring (bicyclic) bond motifs is 1. The maximum absolute atomic E-state index is 13.4. The van der Waals surface area contributed by atoms with E-state index in [1.165, 1.54) is 7.05 Å². The predicted octanol–water partition coefficient (Wildman–Crippen LogP) is 3.05. The van der Waals surface area contributed by atoms with Crippen molar-refractivity contribution in [1.82, 2.24) is 14.0 Å². The molecule has 0 spiro atoms. The molecule has 0 aliphatic rings. The van der Waals surface area contributed by atoms with Gasteiger partial charge < -0.3 is 10.6 Å². The number of amides is 3. The number of anilines is 1. The molecule has 0 saturated heterocycles. The Morgan fingerprint density at radius 1 is 1.00 bits per heavy atom. The van der Waals surface area contributed by atoms with Crippen molar-refractivity contribution < 1.29 is 9.59 Å². The lowest BCUT2D eigenvalue weighted by Crippen LogP contribution is -2.38. The van der Waals surface area contributed by atoms with Crippen molar-refractivity contribution in [3.05, 3.63) is 58.0 Å². The number of aryl methyl sites for hydroxylation is 2. The van der Waals surface area contributed by atoms with Crippen LogP contribution in [-0.2, 0) is 17.8 Å². The number of aromatic nitrogens is 2. The summed E-state index contributed by atoms with van der Waals surface area (Å²) in [7, 11) is 1.36. The number of primary amides is 1. The first-order valence-electron chi connectivity index (χ1n) is 10.9. The molecule has 2 aromatic carbocycles. The van der Waals surface area contributed by atoms with E-state index in [2.05, 4.69) is 18.7 Å². The molecule has 0 saturated carbocycles. The summed E-state index contributed by atoms with van der Waals surface area (Å²) in [6, 6.07) is 10.9. The second-order valence-electron chi connectivity index (χ2n) is 7.75. The lowest BCUT2D eigenvalue weighted by atomic mass is 10.0. The Bertz CT molecular complexity index is 1200. The predicted molar refractivity (Wildman–Crippen MR) is 128 cm³/mol. The van der Waals surface area contributed by atoms with Crippen LogP contribution < -0.4 is 16.3 Å². The second kappa shape index (κ2) is 9.30. The molecule has 0 atom stereocenters. The lowest BCUT2D eigenvalue weighted by Gasteiger charge is -2.21. The summed E-state index contributed by atoms with van der Waals surface area (Å²) in [6.45, 7) is 10.3. The van der Waals surface area contributed by atoms with Gasteiger partial charge in [-0.05, 0) is 69.2 Å². The zero-order valence-electron chi connectivity index (χ0n) is 19.4. The van der Waals surface area contributed by atoms with E-state index < -0.39 is 11.9 Å². The number of imide groups is 1. The number of imidazole rings is 1. The van der Waals surface area contributed by atoms with Crippen LogP contribution >= 0.6 is 0 Å². The number of urea groups is 1. The maximum atomic E-state index is 13.4. The zero-order valence-corrected chi connectivity index (χ0v) is 19.4. The minimum Gasteiger partial charge on any atom is -0.372 e. The van der Waals surface area contributed by atoms with Crippen LogP contribution in [0.4, 0.5) is 10.5 Å². The summed E-state index contributed by atoms with van der Waals surface area (Å²) in [4.78, 5) is 40.6. The summed E-state index contributed by atoms with van der Waals surface area (Å²) in [6.07, 6.45) is -0.0209. The first kappa shape index (κ1) is 23.1. The molecule has 3 rings (SSSR count). The summed E-state index contributed by atoms with van der Waals surface area (Å²) in [5.74, 6) is -0.417. The van der Waals surface area contributed by atoms with E-state index in [4.69, 9.17) is 5.73 Å². The fraction of sp³-hybridized carbons (Fsp3) is 0.375. The standard InChI is InChI=1S/C24H31N5O3/c1-6-27(7-2)17-10-12-18(13-11-17)29-20-14-9-16(4)19(15-21(30)26(5)23(25)31)22(20)28(8-3)24(29)32/h9-14H,6-8,15H2,1-5H3,(H2,25,31). The van der Waals surface area contributed by atoms with Gasteiger partial charge in [-0.1, -0.05) is 6.07 Å². The van der Waals surface area contributed by atoms with Gasteiger partial charge in [0.25, 0.3) is 0 Å². The van der Waals surface area contributed by atoms with Gasteiger partial charge in [-0.3, -0.25) is 18.8 Å². The molecular weight excluding hydrogens is 406 g/mol. The van der Waals surface area contributed by atoms with Gasteiger partial charge in [0, 0.05) is 32.4 Å². The van der Waals surface area contributed by atoms with E-state index in [1.807, 2.05) is 50.2 Å². The Balaban J connectivity index is 2.18. The highest BCUT2D eigenvalue weighted by Crippen LogP contribution is 2.26. The van der Waals surface area contributed by atoms with Crippen molar-refractivity contribution in [1.29, 1.82) is 0 Å². The third-order valence-corrected chi connectivity index (χ3v) is 6.01. The van der Waals surface area contributed by atoms with Gasteiger partial charge in [-0.25, -0.2) is 9.59 Å². The highest BCUT2D eigenvalue weighted by atomic mass is 16.2. The van der Waals surface area contributed by atoms with Gasteiger partial charge in [0.1, 0.15) is 0 Å². The Kier molecular flexibility index (Phi) is 6.72. The number of hydrogen-bond acceptors (Lipinski definition) is 4. The average molecular weight is 438 g/mol. The van der Waals surface area contributed by atoms with E-state index in [9.17, 15) is 14.4 Å². The Morgan fingerprint density at radius 2 is 1.62 bits per heavy atom. The fourth-order valence-electron chi connectivity index (χ4n) is 4.09. The SMILES string of the molecule is CCN(CC)c1ccc(-n2c(=O)n(CC)c3c(CC(=O)N(C)C(N)=O)c(C)ccc32)cc1. The Morgan fingerprint density at radius 3 is 2.16 bits per heavy atom. The third-order valence-electron chi connectivity index (χ3n) is 6.01. The summed E-state index contributed by atoms with van der Waals surface area (Å²) in [5, 5.41) is 0. The quantitative estimate of drug-likeness (QED) is 0.615. The first-order chi connectivity index (χ1) is 15.2. The van der Waals surface area contributed by atoms with Crippen molar-refractivity contribution in [2.75, 3.05) is 25.0 Å². The average Bonchev–Trinajstić information content (AvgIpc) is 3.07. The van der Waals surface area contributed by atoms with Gasteiger partial charge >= 0.3 is 11.7 Å². The summed E-state index contributed by atoms with van der Waals surface area (Å²) >= 11 is 0. The van der Waals surface area contributed by atoms with Gasteiger partial charge in [0.15, 0.2) is 0 Å². The van der Waals surface area contributed by atoms with Crippen LogP contribution in [0.15, 0.2) is 41.2 Å². The first-order valence-corrected chi connectivity index (χ1v) is 10.9. The van der Waals surface area contributed by atoms with Crippen molar-refractivity contribution in [2.24, 2.45) is 5.73 Å². The third kappa shape index (κ3) is 4.00. The molecule has 32 heavy (non-hydrogen) atoms. The van der Waals surface area contributed by atoms with Crippen LogP contribution in [0.2, 0.25) is 0 Å². The molecule has 3 aromatic rings. The molecule has 3 amide bonds. The number of benzene rings is 2. The molecule has 2 N–H and O–H groups in total. The van der Waals surface area contributed by atoms with Gasteiger partial charge in [-0.2, -0.15) is 0 Å². The van der Waals surface area contributed by atoms with Crippen LogP contribution in [-0.4, -0.2) is 46.1 Å². The minimum absolute atomic E-state index is 0.0209. The molecule has 1 heterocycles. The van der Waals surface area contributed by atoms with Gasteiger partial charge in [0.2, 0.25) is 5.91 Å². The molecule has 0 aliphatic heterocycles. The lowest BCUT2D eigenvalue weighted by molar-refractivity contribution is -0.126. The molecule has 0 aliphatic carbocycles. The number of nitrogens with zero attached hydrogens (tertiary/aromatic N) is 4. The Labute approximate surface area is 187 Å².